The highest BCUT2D eigenvalue weighted by molar-refractivity contribution is 6.08. The van der Waals surface area contributed by atoms with Gasteiger partial charge in [-0.25, -0.2) is 9.78 Å². The Kier molecular flexibility index (Phi) is 5.72. The zero-order valence-electron chi connectivity index (χ0n) is 19.2. The Labute approximate surface area is 198 Å². The fourth-order valence-electron chi connectivity index (χ4n) is 4.28. The standard InChI is InChI=1S/C28H25N3O3/c1-3-34-28(33)23-6-4-5-7-24(23)30-27(32)19-10-12-22(13-11-19)31-15-14-21-17-20-9-8-18(2)16-25(20)29-26(21)31/h4-13,16-17H,3,14-15H2,1-2H3,(H,30,32). The Bertz CT molecular complexity index is 1400. The number of nitrogens with one attached hydrogen (secondary N) is 1. The molecular formula is C28H25N3O3. The number of carbonyl (C=O) groups excluding carboxylic acids is 2. The van der Waals surface area contributed by atoms with Gasteiger partial charge in [-0.05, 0) is 79.9 Å². The number of pyridine rings is 1. The van der Waals surface area contributed by atoms with Gasteiger partial charge in [-0.2, -0.15) is 0 Å². The number of para-hydroxylation sites is 1. The number of anilines is 3. The molecule has 0 spiro atoms. The van der Waals surface area contributed by atoms with E-state index in [4.69, 9.17) is 9.72 Å². The largest absolute Gasteiger partial charge is 0.462 e. The summed E-state index contributed by atoms with van der Waals surface area (Å²) in [5.41, 5.74) is 5.65. The first kappa shape index (κ1) is 21.6. The molecule has 170 valence electrons. The van der Waals surface area contributed by atoms with Crippen molar-refractivity contribution < 1.29 is 14.3 Å². The molecule has 0 atom stereocenters. The summed E-state index contributed by atoms with van der Waals surface area (Å²) < 4.78 is 5.09. The van der Waals surface area contributed by atoms with E-state index in [0.717, 1.165) is 35.4 Å². The first-order valence-electron chi connectivity index (χ1n) is 11.4. The highest BCUT2D eigenvalue weighted by Crippen LogP contribution is 2.35. The first-order chi connectivity index (χ1) is 16.5. The quantitative estimate of drug-likeness (QED) is 0.396. The minimum Gasteiger partial charge on any atom is -0.462 e. The van der Waals surface area contributed by atoms with Crippen LogP contribution in [0.5, 0.6) is 0 Å². The van der Waals surface area contributed by atoms with Crippen molar-refractivity contribution in [2.24, 2.45) is 0 Å². The highest BCUT2D eigenvalue weighted by atomic mass is 16.5. The second kappa shape index (κ2) is 8.98. The molecule has 6 nitrogen and oxygen atoms in total. The van der Waals surface area contributed by atoms with Gasteiger partial charge in [0.1, 0.15) is 5.82 Å². The van der Waals surface area contributed by atoms with E-state index in [-0.39, 0.29) is 12.5 Å². The molecule has 0 aliphatic carbocycles. The topological polar surface area (TPSA) is 71.5 Å². The summed E-state index contributed by atoms with van der Waals surface area (Å²) in [6.45, 7) is 4.93. The van der Waals surface area contributed by atoms with Gasteiger partial charge in [-0.3, -0.25) is 4.79 Å². The molecule has 0 saturated heterocycles. The van der Waals surface area contributed by atoms with Gasteiger partial charge in [0.2, 0.25) is 0 Å². The van der Waals surface area contributed by atoms with Gasteiger partial charge in [0, 0.05) is 23.2 Å². The molecular weight excluding hydrogens is 426 g/mol. The predicted molar refractivity (Wildman–Crippen MR) is 134 cm³/mol. The normalized spacial score (nSPS) is 12.5. The first-order valence-corrected chi connectivity index (χ1v) is 11.4. The third-order valence-electron chi connectivity index (χ3n) is 6.00. The van der Waals surface area contributed by atoms with Crippen LogP contribution in [0.25, 0.3) is 10.9 Å². The van der Waals surface area contributed by atoms with Gasteiger partial charge in [0.25, 0.3) is 5.91 Å². The molecule has 0 unspecified atom stereocenters. The zero-order valence-corrected chi connectivity index (χ0v) is 19.2. The number of nitrogens with zero attached hydrogens (tertiary/aromatic N) is 2. The highest BCUT2D eigenvalue weighted by Gasteiger charge is 2.23. The number of hydrogen-bond donors (Lipinski definition) is 1. The lowest BCUT2D eigenvalue weighted by molar-refractivity contribution is 0.0527. The molecule has 1 amide bonds. The van der Waals surface area contributed by atoms with Gasteiger partial charge >= 0.3 is 5.97 Å². The fraction of sp³-hybridized carbons (Fsp3) is 0.179. The third kappa shape index (κ3) is 4.10. The van der Waals surface area contributed by atoms with Crippen LogP contribution in [0.4, 0.5) is 17.2 Å². The summed E-state index contributed by atoms with van der Waals surface area (Å²) in [7, 11) is 0. The van der Waals surface area contributed by atoms with Crippen LogP contribution in [0.3, 0.4) is 0 Å². The van der Waals surface area contributed by atoms with E-state index in [0.29, 0.717) is 16.8 Å². The molecule has 34 heavy (non-hydrogen) atoms. The molecule has 1 aromatic heterocycles. The van der Waals surface area contributed by atoms with Crippen molar-refractivity contribution in [1.82, 2.24) is 4.98 Å². The Morgan fingerprint density at radius 1 is 1.03 bits per heavy atom. The molecule has 4 aromatic rings. The van der Waals surface area contributed by atoms with Crippen molar-refractivity contribution in [3.05, 3.63) is 95.1 Å². The Balaban J connectivity index is 1.37. The van der Waals surface area contributed by atoms with Crippen LogP contribution >= 0.6 is 0 Å². The summed E-state index contributed by atoms with van der Waals surface area (Å²) in [6, 6.07) is 22.8. The summed E-state index contributed by atoms with van der Waals surface area (Å²) >= 11 is 0. The van der Waals surface area contributed by atoms with Gasteiger partial charge in [0.15, 0.2) is 0 Å². The molecule has 3 aromatic carbocycles. The lowest BCUT2D eigenvalue weighted by atomic mass is 10.1. The van der Waals surface area contributed by atoms with Crippen molar-refractivity contribution in [3.8, 4) is 0 Å². The van der Waals surface area contributed by atoms with Crippen LogP contribution in [0, 0.1) is 6.92 Å². The number of rotatable bonds is 5. The van der Waals surface area contributed by atoms with Gasteiger partial charge in [0.05, 0.1) is 23.4 Å². The smallest absolute Gasteiger partial charge is 0.340 e. The molecule has 0 fully saturated rings. The minimum absolute atomic E-state index is 0.270. The van der Waals surface area contributed by atoms with E-state index in [9.17, 15) is 9.59 Å². The van der Waals surface area contributed by atoms with E-state index in [1.54, 1.807) is 43.3 Å². The van der Waals surface area contributed by atoms with Gasteiger partial charge < -0.3 is 15.0 Å². The Morgan fingerprint density at radius 3 is 2.62 bits per heavy atom. The average molecular weight is 452 g/mol. The number of benzene rings is 3. The number of esters is 1. The van der Waals surface area contributed by atoms with Gasteiger partial charge in [-0.1, -0.05) is 24.3 Å². The molecule has 1 aliphatic rings. The summed E-state index contributed by atoms with van der Waals surface area (Å²) in [6.07, 6.45) is 0.930. The minimum atomic E-state index is -0.461. The Morgan fingerprint density at radius 2 is 1.82 bits per heavy atom. The number of aromatic nitrogens is 1. The third-order valence-corrected chi connectivity index (χ3v) is 6.00. The van der Waals surface area contributed by atoms with Crippen molar-refractivity contribution in [1.29, 1.82) is 0 Å². The lowest BCUT2D eigenvalue weighted by Gasteiger charge is -2.19. The van der Waals surface area contributed by atoms with Crippen LogP contribution in [0.1, 0.15) is 38.8 Å². The number of amides is 1. The predicted octanol–water partition coefficient (Wildman–Crippen LogP) is 5.67. The molecule has 5 rings (SSSR count). The van der Waals surface area contributed by atoms with Crippen LogP contribution in [0.2, 0.25) is 0 Å². The molecule has 1 aliphatic heterocycles. The SMILES string of the molecule is CCOC(=O)c1ccccc1NC(=O)c1ccc(N2CCc3cc4ccc(C)cc4nc32)cc1. The van der Waals surface area contributed by atoms with E-state index in [2.05, 4.69) is 41.4 Å². The molecule has 6 heteroatoms. The number of aryl methyl sites for hydroxylation is 1. The number of fused-ring (bicyclic) bond motifs is 2. The van der Waals surface area contributed by atoms with Gasteiger partial charge in [-0.15, -0.1) is 0 Å². The number of hydrogen-bond acceptors (Lipinski definition) is 5. The van der Waals surface area contributed by atoms with Crippen molar-refractivity contribution >= 4 is 40.0 Å². The van der Waals surface area contributed by atoms with Crippen LogP contribution < -0.4 is 10.2 Å². The average Bonchev–Trinajstić information content (AvgIpc) is 3.26. The summed E-state index contributed by atoms with van der Waals surface area (Å²) in [5.74, 6) is 0.222. The molecule has 2 heterocycles. The number of ether oxygens (including phenoxy) is 1. The van der Waals surface area contributed by atoms with Crippen molar-refractivity contribution in [2.75, 3.05) is 23.4 Å². The maximum Gasteiger partial charge on any atom is 0.340 e. The molecule has 0 saturated carbocycles. The van der Waals surface area contributed by atoms with E-state index in [1.165, 1.54) is 11.1 Å². The maximum atomic E-state index is 12.9. The lowest BCUT2D eigenvalue weighted by Crippen LogP contribution is -2.17. The molecule has 1 N–H and O–H groups in total. The van der Waals surface area contributed by atoms with E-state index in [1.807, 2.05) is 12.1 Å². The Hall–Kier alpha value is -4.19. The van der Waals surface area contributed by atoms with Crippen molar-refractivity contribution in [2.45, 2.75) is 20.3 Å². The maximum absolute atomic E-state index is 12.9. The summed E-state index contributed by atoms with van der Waals surface area (Å²) in [5, 5.41) is 3.98. The zero-order chi connectivity index (χ0) is 23.7. The van der Waals surface area contributed by atoms with Crippen molar-refractivity contribution in [3.63, 3.8) is 0 Å². The molecule has 0 bridgehead atoms. The second-order valence-corrected chi connectivity index (χ2v) is 8.34. The van der Waals surface area contributed by atoms with Crippen LogP contribution in [0.15, 0.2) is 72.8 Å². The molecule has 0 radical (unpaired) electrons. The van der Waals surface area contributed by atoms with Crippen LogP contribution in [-0.2, 0) is 11.2 Å². The monoisotopic (exact) mass is 451 g/mol. The summed E-state index contributed by atoms with van der Waals surface area (Å²) in [4.78, 5) is 32.2. The fourth-order valence-corrected chi connectivity index (χ4v) is 4.28. The van der Waals surface area contributed by atoms with E-state index >= 15 is 0 Å². The number of carbonyl (C=O) groups is 2. The van der Waals surface area contributed by atoms with E-state index < -0.39 is 5.97 Å². The second-order valence-electron chi connectivity index (χ2n) is 8.34. The van der Waals surface area contributed by atoms with Crippen LogP contribution in [-0.4, -0.2) is 30.0 Å².